The molecule has 0 radical (unpaired) electrons. The fraction of sp³-hybridized carbons (Fsp3) is 0.833. The van der Waals surface area contributed by atoms with E-state index in [-0.39, 0.29) is 17.9 Å². The molecule has 0 aliphatic heterocycles. The summed E-state index contributed by atoms with van der Waals surface area (Å²) in [4.78, 5) is 22.8. The van der Waals surface area contributed by atoms with Crippen LogP contribution < -0.4 is 5.32 Å². The number of carbonyl (C=O) groups is 2. The molecule has 1 rings (SSSR count). The van der Waals surface area contributed by atoms with E-state index in [2.05, 4.69) is 5.32 Å². The molecule has 1 aliphatic carbocycles. The standard InChI is InChI=1S/C12H21NO3/c1-3-8(4-2)11(14)13-10-7-5-6-9(10)12(15)16/h8-10H,3-7H2,1-2H3,(H,13,14)(H,15,16)/t9-,10+/m0/s1. The second-order valence-electron chi connectivity index (χ2n) is 4.50. The lowest BCUT2D eigenvalue weighted by atomic mass is 9.99. The van der Waals surface area contributed by atoms with Crippen LogP contribution in [0.5, 0.6) is 0 Å². The average Bonchev–Trinajstić information content (AvgIpc) is 2.67. The number of hydrogen-bond acceptors (Lipinski definition) is 2. The fourth-order valence-corrected chi connectivity index (χ4v) is 2.39. The first kappa shape index (κ1) is 13.0. The summed E-state index contributed by atoms with van der Waals surface area (Å²) in [6.07, 6.45) is 4.00. The van der Waals surface area contributed by atoms with Crippen molar-refractivity contribution in [2.45, 2.75) is 52.0 Å². The highest BCUT2D eigenvalue weighted by atomic mass is 16.4. The average molecular weight is 227 g/mol. The molecule has 92 valence electrons. The number of carboxylic acid groups (broad SMARTS) is 1. The van der Waals surface area contributed by atoms with Gasteiger partial charge in [0.1, 0.15) is 0 Å². The van der Waals surface area contributed by atoms with Crippen molar-refractivity contribution in [2.24, 2.45) is 11.8 Å². The number of carboxylic acids is 1. The van der Waals surface area contributed by atoms with Crippen molar-refractivity contribution in [3.8, 4) is 0 Å². The molecule has 0 aromatic carbocycles. The first-order valence-corrected chi connectivity index (χ1v) is 6.13. The monoisotopic (exact) mass is 227 g/mol. The SMILES string of the molecule is CCC(CC)C(=O)N[C@@H]1CCC[C@@H]1C(=O)O. The summed E-state index contributed by atoms with van der Waals surface area (Å²) in [5, 5.41) is 11.9. The van der Waals surface area contributed by atoms with E-state index in [0.29, 0.717) is 6.42 Å². The molecule has 1 saturated carbocycles. The van der Waals surface area contributed by atoms with Crippen LogP contribution in [0.15, 0.2) is 0 Å². The Morgan fingerprint density at radius 3 is 2.44 bits per heavy atom. The van der Waals surface area contributed by atoms with E-state index in [1.807, 2.05) is 13.8 Å². The van der Waals surface area contributed by atoms with Crippen LogP contribution in [-0.2, 0) is 9.59 Å². The van der Waals surface area contributed by atoms with Gasteiger partial charge in [-0.05, 0) is 25.7 Å². The molecular weight excluding hydrogens is 206 g/mol. The Morgan fingerprint density at radius 1 is 1.31 bits per heavy atom. The first-order valence-electron chi connectivity index (χ1n) is 6.13. The van der Waals surface area contributed by atoms with Crippen LogP contribution in [0, 0.1) is 11.8 Å². The van der Waals surface area contributed by atoms with Gasteiger partial charge in [0, 0.05) is 12.0 Å². The Labute approximate surface area is 96.4 Å². The van der Waals surface area contributed by atoms with Crippen LogP contribution in [0.3, 0.4) is 0 Å². The molecule has 0 heterocycles. The number of nitrogens with one attached hydrogen (secondary N) is 1. The van der Waals surface area contributed by atoms with Crippen molar-refractivity contribution in [3.05, 3.63) is 0 Å². The summed E-state index contributed by atoms with van der Waals surface area (Å²) in [7, 11) is 0. The van der Waals surface area contributed by atoms with E-state index in [1.165, 1.54) is 0 Å². The van der Waals surface area contributed by atoms with Gasteiger partial charge in [0.05, 0.1) is 5.92 Å². The molecular formula is C12H21NO3. The lowest BCUT2D eigenvalue weighted by Gasteiger charge is -2.20. The molecule has 4 nitrogen and oxygen atoms in total. The maximum atomic E-state index is 11.8. The molecule has 1 amide bonds. The second kappa shape index (κ2) is 5.87. The van der Waals surface area contributed by atoms with Crippen LogP contribution in [0.2, 0.25) is 0 Å². The van der Waals surface area contributed by atoms with E-state index in [9.17, 15) is 9.59 Å². The molecule has 2 atom stereocenters. The smallest absolute Gasteiger partial charge is 0.308 e. The molecule has 0 aromatic heterocycles. The Kier molecular flexibility index (Phi) is 4.77. The topological polar surface area (TPSA) is 66.4 Å². The zero-order valence-electron chi connectivity index (χ0n) is 10.0. The quantitative estimate of drug-likeness (QED) is 0.752. The number of carbonyl (C=O) groups excluding carboxylic acids is 1. The Hall–Kier alpha value is -1.06. The normalized spacial score (nSPS) is 24.7. The summed E-state index contributed by atoms with van der Waals surface area (Å²) >= 11 is 0. The summed E-state index contributed by atoms with van der Waals surface area (Å²) in [5.41, 5.74) is 0. The van der Waals surface area contributed by atoms with Crippen molar-refractivity contribution in [3.63, 3.8) is 0 Å². The molecule has 1 aliphatic rings. The number of hydrogen-bond donors (Lipinski definition) is 2. The van der Waals surface area contributed by atoms with E-state index in [4.69, 9.17) is 5.11 Å². The van der Waals surface area contributed by atoms with Crippen LogP contribution >= 0.6 is 0 Å². The van der Waals surface area contributed by atoms with E-state index >= 15 is 0 Å². The summed E-state index contributed by atoms with van der Waals surface area (Å²) in [5.74, 6) is -1.14. The third-order valence-electron chi connectivity index (χ3n) is 3.52. The second-order valence-corrected chi connectivity index (χ2v) is 4.50. The molecule has 0 bridgehead atoms. The predicted octanol–water partition coefficient (Wildman–Crippen LogP) is 1.79. The molecule has 1 fully saturated rings. The zero-order chi connectivity index (χ0) is 12.1. The van der Waals surface area contributed by atoms with Crippen molar-refractivity contribution in [1.29, 1.82) is 0 Å². The van der Waals surface area contributed by atoms with Crippen molar-refractivity contribution < 1.29 is 14.7 Å². The van der Waals surface area contributed by atoms with Gasteiger partial charge in [-0.3, -0.25) is 9.59 Å². The fourth-order valence-electron chi connectivity index (χ4n) is 2.39. The lowest BCUT2D eigenvalue weighted by molar-refractivity contribution is -0.142. The number of amides is 1. The van der Waals surface area contributed by atoms with Crippen LogP contribution in [0.1, 0.15) is 46.0 Å². The minimum absolute atomic E-state index is 0.0168. The van der Waals surface area contributed by atoms with Gasteiger partial charge in [0.15, 0.2) is 0 Å². The maximum Gasteiger partial charge on any atom is 0.308 e. The van der Waals surface area contributed by atoms with Crippen molar-refractivity contribution >= 4 is 11.9 Å². The maximum absolute atomic E-state index is 11.8. The molecule has 2 N–H and O–H groups in total. The molecule has 0 aromatic rings. The zero-order valence-corrected chi connectivity index (χ0v) is 10.0. The van der Waals surface area contributed by atoms with E-state index in [1.54, 1.807) is 0 Å². The molecule has 0 saturated heterocycles. The van der Waals surface area contributed by atoms with Gasteiger partial charge in [0.25, 0.3) is 0 Å². The van der Waals surface area contributed by atoms with Gasteiger partial charge in [0.2, 0.25) is 5.91 Å². The van der Waals surface area contributed by atoms with Gasteiger partial charge in [-0.25, -0.2) is 0 Å². The van der Waals surface area contributed by atoms with Gasteiger partial charge < -0.3 is 10.4 Å². The molecule has 0 unspecified atom stereocenters. The van der Waals surface area contributed by atoms with Gasteiger partial charge in [-0.2, -0.15) is 0 Å². The van der Waals surface area contributed by atoms with Crippen molar-refractivity contribution in [1.82, 2.24) is 5.32 Å². The van der Waals surface area contributed by atoms with Crippen LogP contribution in [-0.4, -0.2) is 23.0 Å². The first-order chi connectivity index (χ1) is 7.60. The minimum Gasteiger partial charge on any atom is -0.481 e. The molecule has 0 spiro atoms. The van der Waals surface area contributed by atoms with Crippen molar-refractivity contribution in [2.75, 3.05) is 0 Å². The van der Waals surface area contributed by atoms with Crippen LogP contribution in [0.4, 0.5) is 0 Å². The summed E-state index contributed by atoms with van der Waals surface area (Å²) in [6.45, 7) is 3.97. The molecule has 16 heavy (non-hydrogen) atoms. The lowest BCUT2D eigenvalue weighted by Crippen LogP contribution is -2.42. The third kappa shape index (κ3) is 2.97. The van der Waals surface area contributed by atoms with E-state index in [0.717, 1.165) is 25.7 Å². The predicted molar refractivity (Wildman–Crippen MR) is 61.0 cm³/mol. The summed E-state index contributed by atoms with van der Waals surface area (Å²) in [6, 6.07) is -0.161. The summed E-state index contributed by atoms with van der Waals surface area (Å²) < 4.78 is 0. The number of aliphatic carboxylic acids is 1. The van der Waals surface area contributed by atoms with Crippen LogP contribution in [0.25, 0.3) is 0 Å². The Balaban J connectivity index is 2.53. The minimum atomic E-state index is -0.785. The Morgan fingerprint density at radius 2 is 1.94 bits per heavy atom. The van der Waals surface area contributed by atoms with E-state index < -0.39 is 11.9 Å². The third-order valence-corrected chi connectivity index (χ3v) is 3.52. The number of rotatable bonds is 5. The highest BCUT2D eigenvalue weighted by molar-refractivity contribution is 5.80. The highest BCUT2D eigenvalue weighted by Gasteiger charge is 2.34. The Bertz CT molecular complexity index is 261. The van der Waals surface area contributed by atoms with Gasteiger partial charge in [-0.1, -0.05) is 20.3 Å². The highest BCUT2D eigenvalue weighted by Crippen LogP contribution is 2.26. The largest absolute Gasteiger partial charge is 0.481 e. The van der Waals surface area contributed by atoms with Gasteiger partial charge >= 0.3 is 5.97 Å². The molecule has 4 heteroatoms. The van der Waals surface area contributed by atoms with Gasteiger partial charge in [-0.15, -0.1) is 0 Å².